The molecule has 0 aliphatic heterocycles. The summed E-state index contributed by atoms with van der Waals surface area (Å²) in [7, 11) is 1.64. The minimum absolute atomic E-state index is 0.0168. The molecule has 0 aromatic carbocycles. The molecule has 0 spiro atoms. The van der Waals surface area contributed by atoms with Crippen molar-refractivity contribution < 1.29 is 24.2 Å². The smallest absolute Gasteiger partial charge is 0.146 e. The first kappa shape index (κ1) is 27.7. The lowest BCUT2D eigenvalue weighted by Crippen LogP contribution is -2.60. The molecule has 0 amide bonds. The number of fused-ring (bicyclic) bond motifs is 5. The minimum Gasteiger partial charge on any atom is -0.392 e. The number of carbonyl (C=O) groups is 2. The molecule has 4 aliphatic rings. The summed E-state index contributed by atoms with van der Waals surface area (Å²) < 4.78 is 10.7. The first-order valence-electron chi connectivity index (χ1n) is 14.2. The second kappa shape index (κ2) is 10.8. The highest BCUT2D eigenvalue weighted by atomic mass is 16.7. The highest BCUT2D eigenvalue weighted by Crippen LogP contribution is 2.67. The highest BCUT2D eigenvalue weighted by molar-refractivity contribution is 5.85. The molecule has 9 atom stereocenters. The van der Waals surface area contributed by atoms with E-state index in [1.807, 2.05) is 0 Å². The van der Waals surface area contributed by atoms with Crippen LogP contribution in [0.5, 0.6) is 0 Å². The van der Waals surface area contributed by atoms with E-state index in [0.717, 1.165) is 25.7 Å². The third-order valence-electron chi connectivity index (χ3n) is 10.9. The summed E-state index contributed by atoms with van der Waals surface area (Å²) in [6.07, 6.45) is 12.0. The third kappa shape index (κ3) is 4.58. The Kier molecular flexibility index (Phi) is 8.34. The van der Waals surface area contributed by atoms with Crippen molar-refractivity contribution in [3.8, 4) is 0 Å². The van der Waals surface area contributed by atoms with Gasteiger partial charge in [-0.05, 0) is 80.0 Å². The van der Waals surface area contributed by atoms with Crippen molar-refractivity contribution in [1.82, 2.24) is 0 Å². The maximum atomic E-state index is 13.6. The molecular weight excluding hydrogens is 452 g/mol. The lowest BCUT2D eigenvalue weighted by Gasteiger charge is -2.59. The van der Waals surface area contributed by atoms with Crippen LogP contribution >= 0.6 is 0 Å². The number of ether oxygens (including phenoxy) is 2. The number of Topliss-reactive ketones (excluding diaryl/α,β-unsaturated/α-hetero) is 2. The zero-order valence-corrected chi connectivity index (χ0v) is 23.3. The van der Waals surface area contributed by atoms with Gasteiger partial charge in [-0.1, -0.05) is 51.5 Å². The van der Waals surface area contributed by atoms with Crippen molar-refractivity contribution in [2.45, 2.75) is 85.7 Å². The summed E-state index contributed by atoms with van der Waals surface area (Å²) >= 11 is 0. The van der Waals surface area contributed by atoms with E-state index in [1.165, 1.54) is 5.57 Å². The molecule has 0 aromatic rings. The predicted octanol–water partition coefficient (Wildman–Crippen LogP) is 5.76. The van der Waals surface area contributed by atoms with Crippen LogP contribution < -0.4 is 0 Å². The molecule has 202 valence electrons. The zero-order valence-electron chi connectivity index (χ0n) is 23.3. The average Bonchev–Trinajstić information content (AvgIpc) is 3.24. The molecule has 1 N–H and O–H groups in total. The molecule has 4 rings (SSSR count). The Morgan fingerprint density at radius 1 is 1.22 bits per heavy atom. The summed E-state index contributed by atoms with van der Waals surface area (Å²) in [5.41, 5.74) is 0.609. The van der Waals surface area contributed by atoms with Crippen LogP contribution in [-0.4, -0.2) is 43.3 Å². The summed E-state index contributed by atoms with van der Waals surface area (Å²) in [5.74, 6) is 2.56. The van der Waals surface area contributed by atoms with Gasteiger partial charge in [0.25, 0.3) is 0 Å². The van der Waals surface area contributed by atoms with Crippen LogP contribution in [0.4, 0.5) is 0 Å². The quantitative estimate of drug-likeness (QED) is 0.248. The van der Waals surface area contributed by atoms with Crippen LogP contribution in [0.15, 0.2) is 23.8 Å². The topological polar surface area (TPSA) is 72.8 Å². The summed E-state index contributed by atoms with van der Waals surface area (Å²) in [5, 5.41) is 11.9. The molecular formula is C31H48O5. The number of hydrogen-bond acceptors (Lipinski definition) is 5. The molecule has 4 aliphatic carbocycles. The lowest BCUT2D eigenvalue weighted by atomic mass is 9.45. The van der Waals surface area contributed by atoms with Crippen LogP contribution in [0.2, 0.25) is 0 Å². The number of rotatable bonds is 9. The van der Waals surface area contributed by atoms with Crippen LogP contribution in [0, 0.1) is 52.3 Å². The van der Waals surface area contributed by atoms with Crippen molar-refractivity contribution >= 4 is 11.6 Å². The zero-order chi connectivity index (χ0) is 26.3. The second-order valence-corrected chi connectivity index (χ2v) is 12.8. The van der Waals surface area contributed by atoms with Crippen LogP contribution in [-0.2, 0) is 19.1 Å². The minimum atomic E-state index is -0.670. The molecule has 36 heavy (non-hydrogen) atoms. The number of aliphatic hydroxyl groups is 1. The largest absolute Gasteiger partial charge is 0.392 e. The fraction of sp³-hybridized carbons (Fsp3) is 0.806. The summed E-state index contributed by atoms with van der Waals surface area (Å²) in [6, 6.07) is 0. The highest BCUT2D eigenvalue weighted by Gasteiger charge is 2.66. The Labute approximate surface area is 218 Å². The third-order valence-corrected chi connectivity index (χ3v) is 10.9. The molecule has 5 heteroatoms. The maximum absolute atomic E-state index is 13.6. The molecule has 0 radical (unpaired) electrons. The predicted molar refractivity (Wildman–Crippen MR) is 141 cm³/mol. The lowest BCUT2D eigenvalue weighted by molar-refractivity contribution is -0.166. The SMILES string of the molecule is COCOC[C@H](C=C[C@@H](C)[C@H]1CCC2C3CC=C4CC(=O)CC[C@]4(C)C3C[C@H](O)[C@@]21C(C)=O)C(C)C. The Hall–Kier alpha value is -1.30. The molecule has 3 unspecified atom stereocenters. The van der Waals surface area contributed by atoms with Crippen molar-refractivity contribution in [2.24, 2.45) is 52.3 Å². The fourth-order valence-corrected chi connectivity index (χ4v) is 8.84. The van der Waals surface area contributed by atoms with Crippen LogP contribution in [0.3, 0.4) is 0 Å². The van der Waals surface area contributed by atoms with Crippen molar-refractivity contribution in [2.75, 3.05) is 20.5 Å². The van der Waals surface area contributed by atoms with Gasteiger partial charge in [0.1, 0.15) is 18.4 Å². The summed E-state index contributed by atoms with van der Waals surface area (Å²) in [6.45, 7) is 11.6. The number of aliphatic hydroxyl groups excluding tert-OH is 1. The van der Waals surface area contributed by atoms with Gasteiger partial charge in [-0.15, -0.1) is 0 Å². The van der Waals surface area contributed by atoms with Gasteiger partial charge in [-0.3, -0.25) is 9.59 Å². The molecule has 0 aromatic heterocycles. The first-order valence-corrected chi connectivity index (χ1v) is 14.2. The second-order valence-electron chi connectivity index (χ2n) is 12.8. The normalized spacial score (nSPS) is 39.9. The van der Waals surface area contributed by atoms with E-state index in [2.05, 4.69) is 45.9 Å². The van der Waals surface area contributed by atoms with Gasteiger partial charge in [0.2, 0.25) is 0 Å². The van der Waals surface area contributed by atoms with E-state index >= 15 is 0 Å². The molecule has 3 saturated carbocycles. The first-order chi connectivity index (χ1) is 17.1. The fourth-order valence-electron chi connectivity index (χ4n) is 8.84. The van der Waals surface area contributed by atoms with Gasteiger partial charge in [-0.25, -0.2) is 0 Å². The number of ketones is 2. The van der Waals surface area contributed by atoms with Crippen molar-refractivity contribution in [1.29, 1.82) is 0 Å². The van der Waals surface area contributed by atoms with E-state index < -0.39 is 11.5 Å². The van der Waals surface area contributed by atoms with Crippen molar-refractivity contribution in [3.63, 3.8) is 0 Å². The Balaban J connectivity index is 1.60. The van der Waals surface area contributed by atoms with Gasteiger partial charge in [0.15, 0.2) is 0 Å². The number of carbonyl (C=O) groups excluding carboxylic acids is 2. The van der Waals surface area contributed by atoms with E-state index in [9.17, 15) is 14.7 Å². The van der Waals surface area contributed by atoms with Gasteiger partial charge < -0.3 is 14.6 Å². The van der Waals surface area contributed by atoms with Crippen LogP contribution in [0.25, 0.3) is 0 Å². The van der Waals surface area contributed by atoms with Crippen LogP contribution in [0.1, 0.15) is 79.6 Å². The molecule has 5 nitrogen and oxygen atoms in total. The standard InChI is InChI=1S/C31H48O5/c1-19(2)22(17-36-18-35-6)8-7-20(3)26-11-12-27-25-10-9-23-15-24(33)13-14-30(23,5)28(25)16-29(34)31(26,27)21(4)32/h7-9,19-20,22,25-29,34H,10-18H2,1-6H3/t20-,22+,25?,26-,27?,28?,29+,30+,31-/m1/s1. The summed E-state index contributed by atoms with van der Waals surface area (Å²) in [4.78, 5) is 25.7. The number of hydrogen-bond donors (Lipinski definition) is 1. The number of methoxy groups -OCH3 is 1. The van der Waals surface area contributed by atoms with Gasteiger partial charge in [0.05, 0.1) is 18.1 Å². The van der Waals surface area contributed by atoms with Gasteiger partial charge in [-0.2, -0.15) is 0 Å². The van der Waals surface area contributed by atoms with Crippen molar-refractivity contribution in [3.05, 3.63) is 23.8 Å². The Morgan fingerprint density at radius 2 is 1.97 bits per heavy atom. The Morgan fingerprint density at radius 3 is 2.64 bits per heavy atom. The Bertz CT molecular complexity index is 889. The van der Waals surface area contributed by atoms with E-state index in [-0.39, 0.29) is 34.9 Å². The monoisotopic (exact) mass is 500 g/mol. The molecule has 3 fully saturated rings. The average molecular weight is 501 g/mol. The van der Waals surface area contributed by atoms with Gasteiger partial charge >= 0.3 is 0 Å². The molecule has 0 heterocycles. The van der Waals surface area contributed by atoms with E-state index in [1.54, 1.807) is 14.0 Å². The van der Waals surface area contributed by atoms with E-state index in [4.69, 9.17) is 9.47 Å². The molecule has 0 bridgehead atoms. The molecule has 0 saturated heterocycles. The maximum Gasteiger partial charge on any atom is 0.146 e. The van der Waals surface area contributed by atoms with Gasteiger partial charge in [0, 0.05) is 25.9 Å². The number of allylic oxidation sites excluding steroid dienone is 3. The van der Waals surface area contributed by atoms with E-state index in [0.29, 0.717) is 56.2 Å².